The van der Waals surface area contributed by atoms with Crippen LogP contribution >= 0.6 is 0 Å². The molecule has 0 saturated heterocycles. The topological polar surface area (TPSA) is 34.9 Å². The van der Waals surface area contributed by atoms with E-state index in [4.69, 9.17) is 0 Å². The molecule has 0 saturated carbocycles. The van der Waals surface area contributed by atoms with Crippen LogP contribution in [0.3, 0.4) is 0 Å². The SMILES string of the molecule is O=C1c2c(C(F)(F)F)nn(-c3cc(F)cc(F)c3)c2CCC1(F)F. The van der Waals surface area contributed by atoms with Crippen molar-refractivity contribution in [1.29, 1.82) is 0 Å². The highest BCUT2D eigenvalue weighted by Crippen LogP contribution is 2.41. The molecule has 1 aliphatic carbocycles. The van der Waals surface area contributed by atoms with Gasteiger partial charge in [-0.15, -0.1) is 0 Å². The second-order valence-corrected chi connectivity index (χ2v) is 5.24. The summed E-state index contributed by atoms with van der Waals surface area (Å²) in [7, 11) is 0. The third kappa shape index (κ3) is 2.55. The van der Waals surface area contributed by atoms with Gasteiger partial charge in [-0.05, 0) is 18.6 Å². The first kappa shape index (κ1) is 16.5. The molecule has 0 bridgehead atoms. The number of fused-ring (bicyclic) bond motifs is 1. The lowest BCUT2D eigenvalue weighted by Gasteiger charge is -2.21. The van der Waals surface area contributed by atoms with Gasteiger partial charge in [0.1, 0.15) is 11.6 Å². The molecule has 128 valence electrons. The molecule has 1 heterocycles. The average molecular weight is 352 g/mol. The molecule has 1 aromatic heterocycles. The fourth-order valence-electron chi connectivity index (χ4n) is 2.57. The summed E-state index contributed by atoms with van der Waals surface area (Å²) in [5.74, 6) is -8.13. The van der Waals surface area contributed by atoms with Crippen molar-refractivity contribution in [2.75, 3.05) is 0 Å². The Bertz CT molecular complexity index is 818. The Labute approximate surface area is 129 Å². The molecule has 0 unspecified atom stereocenters. The maximum absolute atomic E-state index is 13.5. The fraction of sp³-hybridized carbons (Fsp3) is 0.286. The zero-order chi connectivity index (χ0) is 17.9. The van der Waals surface area contributed by atoms with E-state index in [1.165, 1.54) is 0 Å². The second kappa shape index (κ2) is 5.05. The molecule has 3 nitrogen and oxygen atoms in total. The average Bonchev–Trinajstić information content (AvgIpc) is 2.82. The van der Waals surface area contributed by atoms with Crippen LogP contribution in [0.2, 0.25) is 0 Å². The van der Waals surface area contributed by atoms with E-state index in [-0.39, 0.29) is 0 Å². The van der Waals surface area contributed by atoms with Crippen molar-refractivity contribution in [3.05, 3.63) is 46.8 Å². The summed E-state index contributed by atoms with van der Waals surface area (Å²) < 4.78 is 93.3. The first-order chi connectivity index (χ1) is 11.0. The van der Waals surface area contributed by atoms with Crippen LogP contribution in [-0.4, -0.2) is 21.5 Å². The van der Waals surface area contributed by atoms with Crippen molar-refractivity contribution in [3.63, 3.8) is 0 Å². The van der Waals surface area contributed by atoms with E-state index in [2.05, 4.69) is 5.10 Å². The van der Waals surface area contributed by atoms with Crippen molar-refractivity contribution in [2.45, 2.75) is 24.9 Å². The number of hydrogen-bond donors (Lipinski definition) is 0. The van der Waals surface area contributed by atoms with Crippen molar-refractivity contribution in [2.24, 2.45) is 0 Å². The maximum atomic E-state index is 13.5. The Morgan fingerprint density at radius 1 is 1.08 bits per heavy atom. The number of Topliss-reactive ketones (excluding diaryl/α,β-unsaturated/α-hetero) is 1. The Morgan fingerprint density at radius 3 is 2.21 bits per heavy atom. The normalized spacial score (nSPS) is 17.0. The predicted molar refractivity (Wildman–Crippen MR) is 66.1 cm³/mol. The zero-order valence-electron chi connectivity index (χ0n) is 11.6. The van der Waals surface area contributed by atoms with Gasteiger partial charge in [0, 0.05) is 12.5 Å². The van der Waals surface area contributed by atoms with Gasteiger partial charge in [-0.2, -0.15) is 27.1 Å². The van der Waals surface area contributed by atoms with Crippen LogP contribution in [0.5, 0.6) is 0 Å². The molecule has 0 aliphatic heterocycles. The van der Waals surface area contributed by atoms with E-state index >= 15 is 0 Å². The van der Waals surface area contributed by atoms with Crippen LogP contribution in [0.15, 0.2) is 18.2 Å². The van der Waals surface area contributed by atoms with Gasteiger partial charge in [-0.1, -0.05) is 0 Å². The van der Waals surface area contributed by atoms with E-state index in [1.807, 2.05) is 0 Å². The summed E-state index contributed by atoms with van der Waals surface area (Å²) in [6, 6.07) is 1.87. The number of alkyl halides is 5. The summed E-state index contributed by atoms with van der Waals surface area (Å²) in [6.45, 7) is 0. The third-order valence-electron chi connectivity index (χ3n) is 3.58. The number of nitrogens with zero attached hydrogens (tertiary/aromatic N) is 2. The van der Waals surface area contributed by atoms with Crippen LogP contribution in [0, 0.1) is 11.6 Å². The monoisotopic (exact) mass is 352 g/mol. The summed E-state index contributed by atoms with van der Waals surface area (Å²) in [6.07, 6.45) is -6.79. The fourth-order valence-corrected chi connectivity index (χ4v) is 2.57. The zero-order valence-corrected chi connectivity index (χ0v) is 11.6. The Hall–Kier alpha value is -2.39. The van der Waals surface area contributed by atoms with Crippen molar-refractivity contribution in [3.8, 4) is 5.69 Å². The molecule has 0 atom stereocenters. The van der Waals surface area contributed by atoms with Gasteiger partial charge in [0.05, 0.1) is 16.9 Å². The first-order valence-corrected chi connectivity index (χ1v) is 6.59. The maximum Gasteiger partial charge on any atom is 0.435 e. The van der Waals surface area contributed by atoms with E-state index in [0.29, 0.717) is 22.9 Å². The Balaban J connectivity index is 2.29. The minimum absolute atomic E-state index is 0.433. The molecule has 0 fully saturated rings. The van der Waals surface area contributed by atoms with Crippen molar-refractivity contribution >= 4 is 5.78 Å². The number of hydrogen-bond acceptors (Lipinski definition) is 2. The lowest BCUT2D eigenvalue weighted by Crippen LogP contribution is -2.35. The van der Waals surface area contributed by atoms with Crippen LogP contribution in [0.4, 0.5) is 30.7 Å². The van der Waals surface area contributed by atoms with Gasteiger partial charge >= 0.3 is 12.1 Å². The molecule has 3 rings (SSSR count). The van der Waals surface area contributed by atoms with Crippen LogP contribution in [0.1, 0.15) is 28.2 Å². The molecule has 0 radical (unpaired) electrons. The smallest absolute Gasteiger partial charge is 0.287 e. The molecule has 0 amide bonds. The van der Waals surface area contributed by atoms with E-state index in [9.17, 15) is 35.5 Å². The molecule has 10 heteroatoms. The number of carbonyl (C=O) groups is 1. The van der Waals surface area contributed by atoms with Crippen molar-refractivity contribution < 1.29 is 35.5 Å². The molecular weight excluding hydrogens is 345 g/mol. The number of aromatic nitrogens is 2. The van der Waals surface area contributed by atoms with Crippen LogP contribution in [-0.2, 0) is 12.6 Å². The Kier molecular flexibility index (Phi) is 3.47. The van der Waals surface area contributed by atoms with Crippen molar-refractivity contribution in [1.82, 2.24) is 9.78 Å². The minimum Gasteiger partial charge on any atom is -0.287 e. The molecule has 1 aliphatic rings. The minimum atomic E-state index is -5.18. The number of rotatable bonds is 1. The third-order valence-corrected chi connectivity index (χ3v) is 3.58. The lowest BCUT2D eigenvalue weighted by molar-refractivity contribution is -0.141. The molecule has 2 aromatic rings. The largest absolute Gasteiger partial charge is 0.435 e. The molecule has 24 heavy (non-hydrogen) atoms. The van der Waals surface area contributed by atoms with Gasteiger partial charge in [0.25, 0.3) is 0 Å². The molecular formula is C14H7F7N2O. The van der Waals surface area contributed by atoms with Crippen LogP contribution < -0.4 is 0 Å². The molecule has 0 N–H and O–H groups in total. The Morgan fingerprint density at radius 2 is 1.67 bits per heavy atom. The van der Waals surface area contributed by atoms with Gasteiger partial charge in [-0.25, -0.2) is 13.5 Å². The van der Waals surface area contributed by atoms with Crippen LogP contribution in [0.25, 0.3) is 5.69 Å². The number of halogens is 7. The first-order valence-electron chi connectivity index (χ1n) is 6.59. The number of carbonyl (C=O) groups excluding carboxylic acids is 1. The highest BCUT2D eigenvalue weighted by molar-refractivity contribution is 6.04. The number of benzene rings is 1. The summed E-state index contributed by atoms with van der Waals surface area (Å²) in [5, 5.41) is 3.14. The quantitative estimate of drug-likeness (QED) is 0.729. The van der Waals surface area contributed by atoms with Gasteiger partial charge in [0.15, 0.2) is 5.69 Å². The van der Waals surface area contributed by atoms with E-state index < -0.39 is 65.0 Å². The van der Waals surface area contributed by atoms with E-state index in [0.717, 1.165) is 0 Å². The molecule has 0 spiro atoms. The second-order valence-electron chi connectivity index (χ2n) is 5.24. The number of ketones is 1. The van der Waals surface area contributed by atoms with E-state index in [1.54, 1.807) is 0 Å². The summed E-state index contributed by atoms with van der Waals surface area (Å²) in [4.78, 5) is 11.7. The summed E-state index contributed by atoms with van der Waals surface area (Å²) >= 11 is 0. The summed E-state index contributed by atoms with van der Waals surface area (Å²) in [5.41, 5.74) is -3.95. The van der Waals surface area contributed by atoms with Gasteiger partial charge in [0.2, 0.25) is 5.78 Å². The highest BCUT2D eigenvalue weighted by Gasteiger charge is 2.51. The predicted octanol–water partition coefficient (Wildman–Crippen LogP) is 3.93. The highest BCUT2D eigenvalue weighted by atomic mass is 19.4. The molecule has 1 aromatic carbocycles. The van der Waals surface area contributed by atoms with Gasteiger partial charge in [-0.3, -0.25) is 4.79 Å². The van der Waals surface area contributed by atoms with Gasteiger partial charge < -0.3 is 0 Å². The standard InChI is InChI=1S/C14H7F7N2O/c15-6-3-7(16)5-8(4-6)23-9-1-2-13(17,18)12(24)10(9)11(22-23)14(19,20)21/h3-5H,1-2H2. The lowest BCUT2D eigenvalue weighted by atomic mass is 9.91.